The van der Waals surface area contributed by atoms with E-state index in [2.05, 4.69) is 47.0 Å². The zero-order chi connectivity index (χ0) is 58.5. The van der Waals surface area contributed by atoms with Crippen LogP contribution in [0.4, 0.5) is 5.13 Å². The number of thiazole rings is 1. The number of thioether (sulfide) groups is 2. The molecule has 0 bridgehead atoms. The highest BCUT2D eigenvalue weighted by atomic mass is 32.2. The monoisotopic (exact) mass is 1220 g/mol. The van der Waals surface area contributed by atoms with Crippen molar-refractivity contribution in [3.63, 3.8) is 0 Å². The number of hydrogen-bond acceptors (Lipinski definition) is 14. The van der Waals surface area contributed by atoms with Crippen LogP contribution in [0.25, 0.3) is 9.40 Å². The van der Waals surface area contributed by atoms with E-state index >= 15 is 14.4 Å². The van der Waals surface area contributed by atoms with Crippen LogP contribution in [0, 0.1) is 0 Å². The molecule has 2 amide bonds. The number of nitrogens with zero attached hydrogens (tertiary/aromatic N) is 3. The number of anilines is 1. The summed E-state index contributed by atoms with van der Waals surface area (Å²) in [5, 5.41) is 15.2. The summed E-state index contributed by atoms with van der Waals surface area (Å²) < 4.78 is 8.65. The van der Waals surface area contributed by atoms with Crippen molar-refractivity contribution < 1.29 is 24.0 Å². The van der Waals surface area contributed by atoms with Crippen molar-refractivity contribution in [3.05, 3.63) is 337 Å². The quantitative estimate of drug-likeness (QED) is 0.0264. The fraction of sp³-hybridized carbons (Fsp3) is 0.0857. The number of aromatic nitrogens is 1. The van der Waals surface area contributed by atoms with Crippen molar-refractivity contribution in [3.8, 4) is 0 Å². The molecule has 0 aliphatic carbocycles. The summed E-state index contributed by atoms with van der Waals surface area (Å²) in [5.74, 6) is -1.75. The van der Waals surface area contributed by atoms with E-state index in [-0.39, 0.29) is 28.3 Å². The average Bonchev–Trinajstić information content (AvgIpc) is 1.94. The lowest BCUT2D eigenvalue weighted by Gasteiger charge is -2.49. The van der Waals surface area contributed by atoms with Gasteiger partial charge in [0.25, 0.3) is 11.8 Å². The van der Waals surface area contributed by atoms with E-state index in [1.54, 1.807) is 11.4 Å². The topological polar surface area (TPSA) is 139 Å². The summed E-state index contributed by atoms with van der Waals surface area (Å²) in [6.07, 6.45) is -0.828. The third-order valence-electron chi connectivity index (χ3n) is 15.1. The Hall–Kier alpha value is -9.16. The second kappa shape index (κ2) is 24.8. The first kappa shape index (κ1) is 56.0. The average molecular weight is 1220 g/mol. The number of ether oxygens (including phenoxy) is 1. The molecule has 1 saturated heterocycles. The van der Waals surface area contributed by atoms with Crippen LogP contribution in [0.15, 0.2) is 290 Å². The van der Waals surface area contributed by atoms with Crippen LogP contribution >= 0.6 is 57.5 Å². The largest absolute Gasteiger partial charge is 0.448 e. The Balaban J connectivity index is 0.898. The zero-order valence-corrected chi connectivity index (χ0v) is 49.8. The Morgan fingerprint density at radius 3 is 1.59 bits per heavy atom. The number of nitrogens with one attached hydrogen (secondary N) is 2. The van der Waals surface area contributed by atoms with Crippen LogP contribution < -0.4 is 16.1 Å². The number of fused-ring (bicyclic) bond motifs is 2. The second-order valence-corrected chi connectivity index (χ2v) is 25.6. The van der Waals surface area contributed by atoms with E-state index in [1.807, 2.05) is 218 Å². The van der Waals surface area contributed by atoms with E-state index < -0.39 is 46.4 Å². The Labute approximate surface area is 516 Å². The molecule has 2 atom stereocenters. The van der Waals surface area contributed by atoms with Gasteiger partial charge in [-0.05, 0) is 39.3 Å². The smallest absolute Gasteiger partial charge is 0.356 e. The van der Waals surface area contributed by atoms with Crippen LogP contribution in [-0.2, 0) is 35.1 Å². The maximum absolute atomic E-state index is 15.7. The summed E-state index contributed by atoms with van der Waals surface area (Å²) in [5.41, 5.74) is 4.10. The SMILES string of the molecule is O=C(OC(c1ccccc1)c1ccccc1)C1=C(Sc2cc(=O)c3sccc3s2)CS[C@@H]2C(NC(=O)/C(=N\OC(c3ccccc3)(c3ccccc3)c3ccccc3)c3csc(NC(c4ccccc4)(c4ccccc4)c4ccccc4)n3)C(=O)N12. The van der Waals surface area contributed by atoms with Crippen molar-refractivity contribution in [1.82, 2.24) is 15.2 Å². The number of benzene rings is 8. The van der Waals surface area contributed by atoms with Gasteiger partial charge in [-0.25, -0.2) is 9.78 Å². The first-order valence-electron chi connectivity index (χ1n) is 27.6. The van der Waals surface area contributed by atoms with Crippen LogP contribution in [0.1, 0.15) is 56.3 Å². The molecule has 3 aromatic heterocycles. The van der Waals surface area contributed by atoms with Gasteiger partial charge in [-0.15, -0.1) is 45.8 Å². The number of β-lactam (4-membered cyclic amide) rings is 1. The molecule has 1 fully saturated rings. The van der Waals surface area contributed by atoms with Crippen molar-refractivity contribution in [1.29, 1.82) is 0 Å². The number of oxime groups is 1. The van der Waals surface area contributed by atoms with Gasteiger partial charge >= 0.3 is 5.97 Å². The molecule has 86 heavy (non-hydrogen) atoms. The first-order valence-corrected chi connectivity index (χ1v) is 32.0. The molecule has 13 rings (SSSR count). The van der Waals surface area contributed by atoms with Gasteiger partial charge < -0.3 is 20.2 Å². The van der Waals surface area contributed by atoms with Gasteiger partial charge in [0.2, 0.25) is 5.60 Å². The molecule has 0 spiro atoms. The Kier molecular flexibility index (Phi) is 16.2. The highest BCUT2D eigenvalue weighted by Crippen LogP contribution is 2.48. The molecular formula is C70H51N5O6S5. The van der Waals surface area contributed by atoms with E-state index in [1.165, 1.54) is 62.4 Å². The number of rotatable bonds is 19. The molecule has 422 valence electrons. The standard InChI is InChI=1S/C70H51N5O6S5/c76-55-43-58(85-56-41-42-82-63(55)56)86-57-45-83-66-60(65(78)75(66)61(57)67(79)80-62(46-25-9-1-10-26-46)47-27-11-2-12-28-47)72-64(77)59(74-81-70(51-35-19-6-20-36-51,52-37-21-7-22-38-52)53-39-23-8-24-40-53)54-44-84-68(71-54)73-69(48-29-13-3-14-30-48,49-31-15-4-16-32-49)50-33-17-5-18-34-50/h1-44,60,62,66H,45H2,(H,71,73)(H,72,77)/b74-59-/t60?,66-/m1/s1. The molecule has 8 aromatic carbocycles. The minimum atomic E-state index is -1.40. The van der Waals surface area contributed by atoms with Gasteiger partial charge in [-0.1, -0.05) is 260 Å². The summed E-state index contributed by atoms with van der Waals surface area (Å²) in [4.78, 5) is 73.6. The molecule has 2 aliphatic heterocycles. The maximum Gasteiger partial charge on any atom is 0.356 e. The fourth-order valence-electron chi connectivity index (χ4n) is 11.0. The lowest BCUT2D eigenvalue weighted by Crippen LogP contribution is -2.71. The normalized spacial score (nSPS) is 15.2. The Morgan fingerprint density at radius 1 is 0.616 bits per heavy atom. The molecule has 11 nitrogen and oxygen atoms in total. The van der Waals surface area contributed by atoms with Gasteiger partial charge in [0.15, 0.2) is 22.4 Å². The number of hydrogen-bond donors (Lipinski definition) is 2. The zero-order valence-electron chi connectivity index (χ0n) is 45.7. The molecule has 0 radical (unpaired) electrons. The predicted molar refractivity (Wildman–Crippen MR) is 346 cm³/mol. The molecule has 16 heteroatoms. The summed E-state index contributed by atoms with van der Waals surface area (Å²) in [6, 6.07) is 80.8. The van der Waals surface area contributed by atoms with Crippen molar-refractivity contribution in [2.24, 2.45) is 5.16 Å². The first-order chi connectivity index (χ1) is 42.3. The minimum Gasteiger partial charge on any atom is -0.448 e. The number of thiophene rings is 1. The minimum absolute atomic E-state index is 0.0423. The van der Waals surface area contributed by atoms with Crippen molar-refractivity contribution >= 4 is 95.6 Å². The number of amides is 2. The molecular weight excluding hydrogens is 1170 g/mol. The third-order valence-corrected chi connectivity index (χ3v) is 20.6. The lowest BCUT2D eigenvalue weighted by atomic mass is 9.77. The maximum atomic E-state index is 15.7. The van der Waals surface area contributed by atoms with Crippen LogP contribution in [0.2, 0.25) is 0 Å². The van der Waals surface area contributed by atoms with E-state index in [0.717, 1.165) is 49.2 Å². The van der Waals surface area contributed by atoms with Crippen LogP contribution in [0.5, 0.6) is 0 Å². The Bertz CT molecular complexity index is 4090. The molecule has 5 heterocycles. The van der Waals surface area contributed by atoms with Crippen LogP contribution in [0.3, 0.4) is 0 Å². The molecule has 11 aromatic rings. The van der Waals surface area contributed by atoms with Gasteiger partial charge in [-0.3, -0.25) is 19.3 Å². The second-order valence-electron chi connectivity index (χ2n) is 20.2. The summed E-state index contributed by atoms with van der Waals surface area (Å²) in [7, 11) is 0. The fourth-order valence-corrected chi connectivity index (χ4v) is 16.6. The molecule has 0 saturated carbocycles. The van der Waals surface area contributed by atoms with Gasteiger partial charge in [0.1, 0.15) is 28.3 Å². The van der Waals surface area contributed by atoms with E-state index in [0.29, 0.717) is 18.9 Å². The summed E-state index contributed by atoms with van der Waals surface area (Å²) >= 11 is 6.78. The lowest BCUT2D eigenvalue weighted by molar-refractivity contribution is -0.154. The van der Waals surface area contributed by atoms with Crippen LogP contribution in [-0.4, -0.2) is 50.5 Å². The Morgan fingerprint density at radius 2 is 1.09 bits per heavy atom. The molecule has 1 unspecified atom stereocenters. The van der Waals surface area contributed by atoms with E-state index in [9.17, 15) is 4.79 Å². The van der Waals surface area contributed by atoms with E-state index in [4.69, 9.17) is 19.7 Å². The predicted octanol–water partition coefficient (Wildman–Crippen LogP) is 14.6. The van der Waals surface area contributed by atoms with Crippen molar-refractivity contribution in [2.75, 3.05) is 11.1 Å². The number of carbonyl (C=O) groups is 3. The highest BCUT2D eigenvalue weighted by molar-refractivity contribution is 8.07. The van der Waals surface area contributed by atoms with Gasteiger partial charge in [-0.2, -0.15) is 0 Å². The molecule has 2 N–H and O–H groups in total. The molecule has 2 aliphatic rings. The van der Waals surface area contributed by atoms with Gasteiger partial charge in [0, 0.05) is 38.8 Å². The van der Waals surface area contributed by atoms with Gasteiger partial charge in [0.05, 0.1) is 13.6 Å². The number of esters is 1. The van der Waals surface area contributed by atoms with Crippen molar-refractivity contribution in [2.45, 2.75) is 32.9 Å². The summed E-state index contributed by atoms with van der Waals surface area (Å²) in [6.45, 7) is 0. The highest BCUT2D eigenvalue weighted by Gasteiger charge is 2.55. The third kappa shape index (κ3) is 10.9. The number of carbonyl (C=O) groups excluding carboxylic acids is 3.